The lowest BCUT2D eigenvalue weighted by Crippen LogP contribution is -2.53. The van der Waals surface area contributed by atoms with E-state index >= 15 is 0 Å². The van der Waals surface area contributed by atoms with Crippen LogP contribution in [0, 0.1) is 5.92 Å². The summed E-state index contributed by atoms with van der Waals surface area (Å²) in [5.74, 6) is 2.85. The van der Waals surface area contributed by atoms with Gasteiger partial charge in [-0.25, -0.2) is 4.99 Å². The van der Waals surface area contributed by atoms with Gasteiger partial charge in [0.15, 0.2) is 5.96 Å². The van der Waals surface area contributed by atoms with Crippen LogP contribution in [0.25, 0.3) is 0 Å². The lowest BCUT2D eigenvalue weighted by Gasteiger charge is -2.42. The van der Waals surface area contributed by atoms with Crippen molar-refractivity contribution in [3.63, 3.8) is 0 Å². The van der Waals surface area contributed by atoms with Gasteiger partial charge in [-0.05, 0) is 73.4 Å². The van der Waals surface area contributed by atoms with E-state index in [4.69, 9.17) is 20.2 Å². The summed E-state index contributed by atoms with van der Waals surface area (Å²) in [5.41, 5.74) is 9.85. The third-order valence-corrected chi connectivity index (χ3v) is 9.54. The van der Waals surface area contributed by atoms with Crippen molar-refractivity contribution in [2.45, 2.75) is 81.8 Å². The van der Waals surface area contributed by atoms with Crippen molar-refractivity contribution in [3.8, 4) is 11.5 Å². The minimum atomic E-state index is -0.447. The number of nitrogens with two attached hydrogens (primary N) is 1. The molecule has 0 aromatic heterocycles. The number of rotatable bonds is 1. The third kappa shape index (κ3) is 4.24. The number of hydrogen-bond donors (Lipinski definition) is 2. The zero-order chi connectivity index (χ0) is 26.7. The van der Waals surface area contributed by atoms with E-state index in [9.17, 15) is 9.59 Å². The predicted molar refractivity (Wildman–Crippen MR) is 147 cm³/mol. The Morgan fingerprint density at radius 1 is 1.05 bits per heavy atom. The molecule has 39 heavy (non-hydrogen) atoms. The molecular formula is C31H36N4O4. The highest BCUT2D eigenvalue weighted by Gasteiger charge is 2.44. The maximum atomic E-state index is 13.7. The van der Waals surface area contributed by atoms with Gasteiger partial charge in [-0.3, -0.25) is 14.5 Å². The SMILES string of the molecule is CCC12CCCC3CC3c3ccc4c(c3)C(CCO4)NC(=O)c3ccc4c(c3)C(CCO4)N(C(=O)C1)C(N)=N2. The van der Waals surface area contributed by atoms with Crippen molar-refractivity contribution in [2.75, 3.05) is 13.2 Å². The Morgan fingerprint density at radius 2 is 1.85 bits per heavy atom. The number of benzene rings is 2. The first-order valence-corrected chi connectivity index (χ1v) is 14.5. The fourth-order valence-corrected chi connectivity index (χ4v) is 7.18. The van der Waals surface area contributed by atoms with Crippen molar-refractivity contribution in [2.24, 2.45) is 16.6 Å². The number of hydrogen-bond acceptors (Lipinski definition) is 6. The lowest BCUT2D eigenvalue weighted by molar-refractivity contribution is -0.132. The molecule has 0 spiro atoms. The highest BCUT2D eigenvalue weighted by Crippen LogP contribution is 2.52. The quantitative estimate of drug-likeness (QED) is 0.556. The summed E-state index contributed by atoms with van der Waals surface area (Å²) in [5, 5.41) is 3.26. The molecule has 5 aliphatic heterocycles. The Labute approximate surface area is 228 Å². The molecule has 0 saturated heterocycles. The minimum Gasteiger partial charge on any atom is -0.493 e. The van der Waals surface area contributed by atoms with Gasteiger partial charge >= 0.3 is 0 Å². The van der Waals surface area contributed by atoms with Crippen molar-refractivity contribution >= 4 is 17.8 Å². The molecule has 0 radical (unpaired) electrons. The van der Waals surface area contributed by atoms with E-state index in [0.29, 0.717) is 49.2 Å². The van der Waals surface area contributed by atoms with Crippen LogP contribution in [0.2, 0.25) is 0 Å². The van der Waals surface area contributed by atoms with Gasteiger partial charge in [0.1, 0.15) is 11.5 Å². The molecular weight excluding hydrogens is 492 g/mol. The first-order valence-electron chi connectivity index (χ1n) is 14.5. The van der Waals surface area contributed by atoms with Gasteiger partial charge in [-0.1, -0.05) is 19.4 Å². The van der Waals surface area contributed by atoms with Crippen LogP contribution < -0.4 is 20.5 Å². The largest absolute Gasteiger partial charge is 0.493 e. The van der Waals surface area contributed by atoms with Crippen LogP contribution >= 0.6 is 0 Å². The van der Waals surface area contributed by atoms with Crippen molar-refractivity contribution in [1.82, 2.24) is 10.2 Å². The van der Waals surface area contributed by atoms with Crippen molar-refractivity contribution in [3.05, 3.63) is 58.7 Å². The van der Waals surface area contributed by atoms with Crippen molar-refractivity contribution in [1.29, 1.82) is 0 Å². The van der Waals surface area contributed by atoms with Crippen LogP contribution in [0.1, 0.15) is 103 Å². The minimum absolute atomic E-state index is 0.00466. The Balaban J connectivity index is 1.30. The number of nitrogens with one attached hydrogen (secondary N) is 1. The Kier molecular flexibility index (Phi) is 5.83. The van der Waals surface area contributed by atoms with Crippen LogP contribution in [0.5, 0.6) is 11.5 Å². The molecule has 6 bridgehead atoms. The van der Waals surface area contributed by atoms with E-state index in [-0.39, 0.29) is 29.9 Å². The van der Waals surface area contributed by atoms with Gasteiger partial charge in [0.25, 0.3) is 5.91 Å². The van der Waals surface area contributed by atoms with Gasteiger partial charge in [0.05, 0.1) is 37.3 Å². The fourth-order valence-electron chi connectivity index (χ4n) is 7.18. The number of guanidine groups is 1. The molecule has 204 valence electrons. The first kappa shape index (κ1) is 24.5. The number of ether oxygens (including phenoxy) is 2. The van der Waals surface area contributed by atoms with E-state index in [0.717, 1.165) is 49.0 Å². The second-order valence-electron chi connectivity index (χ2n) is 11.8. The number of carbonyl (C=O) groups is 2. The van der Waals surface area contributed by atoms with E-state index in [1.807, 2.05) is 12.1 Å². The highest BCUT2D eigenvalue weighted by atomic mass is 16.5. The molecule has 2 aromatic carbocycles. The van der Waals surface area contributed by atoms with Gasteiger partial charge in [-0.15, -0.1) is 0 Å². The Morgan fingerprint density at radius 3 is 2.67 bits per heavy atom. The van der Waals surface area contributed by atoms with Crippen LogP contribution in [0.4, 0.5) is 0 Å². The first-order chi connectivity index (χ1) is 18.9. The second-order valence-corrected chi connectivity index (χ2v) is 11.8. The maximum Gasteiger partial charge on any atom is 0.251 e. The molecule has 5 atom stereocenters. The normalized spacial score (nSPS) is 31.4. The molecule has 3 N–H and O–H groups in total. The molecule has 1 aliphatic carbocycles. The molecule has 1 fully saturated rings. The molecule has 8 nitrogen and oxygen atoms in total. The average molecular weight is 529 g/mol. The van der Waals surface area contributed by atoms with E-state index < -0.39 is 5.54 Å². The zero-order valence-corrected chi connectivity index (χ0v) is 22.4. The van der Waals surface area contributed by atoms with E-state index in [2.05, 4.69) is 30.4 Å². The summed E-state index contributed by atoms with van der Waals surface area (Å²) in [6, 6.07) is 11.6. The average Bonchev–Trinajstić information content (AvgIpc) is 3.71. The van der Waals surface area contributed by atoms with Gasteiger partial charge in [0, 0.05) is 29.5 Å². The van der Waals surface area contributed by atoms with Gasteiger partial charge < -0.3 is 20.5 Å². The van der Waals surface area contributed by atoms with Crippen LogP contribution in [-0.4, -0.2) is 41.4 Å². The van der Waals surface area contributed by atoms with E-state index in [1.165, 1.54) is 12.0 Å². The molecule has 5 heterocycles. The molecule has 2 amide bonds. The number of amides is 2. The summed E-state index contributed by atoms with van der Waals surface area (Å²) in [7, 11) is 0. The summed E-state index contributed by atoms with van der Waals surface area (Å²) in [4.78, 5) is 33.9. The number of fused-ring (bicyclic) bond motifs is 4. The highest BCUT2D eigenvalue weighted by molar-refractivity contribution is 6.00. The molecule has 1 saturated carbocycles. The van der Waals surface area contributed by atoms with Gasteiger partial charge in [0.2, 0.25) is 5.91 Å². The second kappa shape index (κ2) is 9.28. The third-order valence-electron chi connectivity index (χ3n) is 9.54. The molecule has 8 rings (SSSR count). The van der Waals surface area contributed by atoms with E-state index in [1.54, 1.807) is 11.0 Å². The number of carbonyl (C=O) groups excluding carboxylic acids is 2. The Hall–Kier alpha value is -3.55. The monoisotopic (exact) mass is 528 g/mol. The predicted octanol–water partition coefficient (Wildman–Crippen LogP) is 4.75. The van der Waals surface area contributed by atoms with Crippen LogP contribution in [0.3, 0.4) is 0 Å². The standard InChI is InChI=1S/C31H36N4O4/c1-2-31-11-3-4-18-14-21(18)19-5-7-26-22(15-19)24(9-12-38-26)33-29(37)20-6-8-27-23(16-20)25(10-13-39-27)35(28(36)17-31)30(32)34-31/h5-8,15-16,18,21,24-25H,2-4,9-14,17H2,1H3,(H2,32,34)(H,33,37). The zero-order valence-electron chi connectivity index (χ0n) is 22.4. The maximum absolute atomic E-state index is 13.7. The number of aliphatic imine (C=N–C) groups is 1. The topological polar surface area (TPSA) is 106 Å². The summed E-state index contributed by atoms with van der Waals surface area (Å²) in [6.45, 7) is 3.15. The molecule has 8 heteroatoms. The molecule has 6 aliphatic rings. The van der Waals surface area contributed by atoms with Crippen molar-refractivity contribution < 1.29 is 19.1 Å². The molecule has 2 aromatic rings. The van der Waals surface area contributed by atoms with Crippen LogP contribution in [-0.2, 0) is 4.79 Å². The van der Waals surface area contributed by atoms with Gasteiger partial charge in [-0.2, -0.15) is 0 Å². The lowest BCUT2D eigenvalue weighted by atomic mass is 9.84. The van der Waals surface area contributed by atoms with Crippen LogP contribution in [0.15, 0.2) is 41.4 Å². The fraction of sp³-hybridized carbons (Fsp3) is 0.516. The molecule has 5 unspecified atom stereocenters. The summed E-state index contributed by atoms with van der Waals surface area (Å²) >= 11 is 0. The summed E-state index contributed by atoms with van der Waals surface area (Å²) in [6.07, 6.45) is 6.63. The smallest absolute Gasteiger partial charge is 0.251 e. The summed E-state index contributed by atoms with van der Waals surface area (Å²) < 4.78 is 11.9. The number of nitrogens with zero attached hydrogens (tertiary/aromatic N) is 2. The Bertz CT molecular complexity index is 1370.